The van der Waals surface area contributed by atoms with Gasteiger partial charge in [-0.25, -0.2) is 8.42 Å². The van der Waals surface area contributed by atoms with Gasteiger partial charge < -0.3 is 5.32 Å². The summed E-state index contributed by atoms with van der Waals surface area (Å²) in [6.07, 6.45) is 5.92. The molecule has 1 aliphatic heterocycles. The first kappa shape index (κ1) is 15.5. The Balaban J connectivity index is 2.27. The molecule has 1 saturated heterocycles. The van der Waals surface area contributed by atoms with Gasteiger partial charge in [-0.3, -0.25) is 4.68 Å². The predicted octanol–water partition coefficient (Wildman–Crippen LogP) is 0.961. The fourth-order valence-electron chi connectivity index (χ4n) is 2.85. The summed E-state index contributed by atoms with van der Waals surface area (Å²) in [4.78, 5) is 0.288. The number of sulfonamides is 1. The zero-order valence-electron chi connectivity index (χ0n) is 12.4. The number of nitrogens with one attached hydrogen (secondary N) is 1. The predicted molar refractivity (Wildman–Crippen MR) is 77.9 cm³/mol. The van der Waals surface area contributed by atoms with E-state index in [-0.39, 0.29) is 17.0 Å². The van der Waals surface area contributed by atoms with Crippen molar-refractivity contribution >= 4 is 10.0 Å². The highest BCUT2D eigenvalue weighted by molar-refractivity contribution is 7.89. The lowest BCUT2D eigenvalue weighted by atomic mass is 9.99. The Kier molecular flexibility index (Phi) is 4.82. The molecule has 0 saturated carbocycles. The van der Waals surface area contributed by atoms with Gasteiger partial charge in [0.05, 0.1) is 6.20 Å². The Labute approximate surface area is 121 Å². The first-order valence-corrected chi connectivity index (χ1v) is 8.64. The van der Waals surface area contributed by atoms with E-state index in [9.17, 15) is 8.42 Å². The molecule has 1 aliphatic rings. The summed E-state index contributed by atoms with van der Waals surface area (Å²) in [5.74, 6) is 0. The van der Waals surface area contributed by atoms with Crippen LogP contribution in [0.25, 0.3) is 0 Å². The lowest BCUT2D eigenvalue weighted by molar-refractivity contribution is 0.210. The molecule has 7 heteroatoms. The van der Waals surface area contributed by atoms with Crippen molar-refractivity contribution in [3.8, 4) is 0 Å². The largest absolute Gasteiger partial charge is 0.313 e. The number of aryl methyl sites for hydroxylation is 1. The van der Waals surface area contributed by atoms with Crippen molar-refractivity contribution in [2.24, 2.45) is 7.05 Å². The number of hydrogen-bond acceptors (Lipinski definition) is 4. The van der Waals surface area contributed by atoms with Crippen LogP contribution in [-0.2, 0) is 17.1 Å². The average Bonchev–Trinajstić information content (AvgIpc) is 2.86. The first-order valence-electron chi connectivity index (χ1n) is 7.20. The summed E-state index contributed by atoms with van der Waals surface area (Å²) in [5.41, 5.74) is 0. The standard InChI is InChI=1S/C13H24N4O2S/c1-4-14-11(2)13-7-5-6-8-17(13)20(18,19)12-9-15-16(3)10-12/h9-11,13-14H,4-8H2,1-3H3. The number of piperidine rings is 1. The van der Waals surface area contributed by atoms with Crippen LogP contribution in [0.4, 0.5) is 0 Å². The molecule has 1 fully saturated rings. The molecule has 2 heterocycles. The molecule has 1 aromatic heterocycles. The van der Waals surface area contributed by atoms with Crippen molar-refractivity contribution in [1.29, 1.82) is 0 Å². The van der Waals surface area contributed by atoms with Crippen LogP contribution < -0.4 is 5.32 Å². The second-order valence-electron chi connectivity index (χ2n) is 5.37. The van der Waals surface area contributed by atoms with E-state index in [0.29, 0.717) is 6.54 Å². The molecule has 20 heavy (non-hydrogen) atoms. The second kappa shape index (κ2) is 6.24. The number of likely N-dealkylation sites (N-methyl/N-ethyl adjacent to an activating group) is 1. The van der Waals surface area contributed by atoms with Gasteiger partial charge in [0, 0.05) is 31.9 Å². The van der Waals surface area contributed by atoms with Crippen molar-refractivity contribution < 1.29 is 8.42 Å². The van der Waals surface area contributed by atoms with E-state index >= 15 is 0 Å². The fraction of sp³-hybridized carbons (Fsp3) is 0.769. The van der Waals surface area contributed by atoms with Gasteiger partial charge in [0.2, 0.25) is 10.0 Å². The highest BCUT2D eigenvalue weighted by Crippen LogP contribution is 2.26. The third kappa shape index (κ3) is 3.05. The lowest BCUT2D eigenvalue weighted by Crippen LogP contribution is -2.53. The monoisotopic (exact) mass is 300 g/mol. The maximum absolute atomic E-state index is 12.8. The van der Waals surface area contributed by atoms with E-state index in [4.69, 9.17) is 0 Å². The van der Waals surface area contributed by atoms with Crippen LogP contribution in [-0.4, -0.2) is 47.7 Å². The summed E-state index contributed by atoms with van der Waals surface area (Å²) in [7, 11) is -1.71. The molecule has 1 N–H and O–H groups in total. The molecule has 2 unspecified atom stereocenters. The second-order valence-corrected chi connectivity index (χ2v) is 7.27. The zero-order chi connectivity index (χ0) is 14.8. The van der Waals surface area contributed by atoms with Crippen LogP contribution in [0.5, 0.6) is 0 Å². The Morgan fingerprint density at radius 2 is 2.25 bits per heavy atom. The smallest absolute Gasteiger partial charge is 0.246 e. The van der Waals surface area contributed by atoms with Crippen molar-refractivity contribution in [2.75, 3.05) is 13.1 Å². The number of rotatable bonds is 5. The molecule has 0 aliphatic carbocycles. The highest BCUT2D eigenvalue weighted by Gasteiger charge is 2.36. The van der Waals surface area contributed by atoms with E-state index in [2.05, 4.69) is 17.3 Å². The molecule has 0 amide bonds. The van der Waals surface area contributed by atoms with Gasteiger partial charge in [-0.05, 0) is 26.3 Å². The van der Waals surface area contributed by atoms with E-state index in [1.54, 1.807) is 17.5 Å². The average molecular weight is 300 g/mol. The number of aromatic nitrogens is 2. The van der Waals surface area contributed by atoms with Gasteiger partial charge in [-0.1, -0.05) is 13.3 Å². The number of nitrogens with zero attached hydrogens (tertiary/aromatic N) is 3. The van der Waals surface area contributed by atoms with Crippen LogP contribution >= 0.6 is 0 Å². The van der Waals surface area contributed by atoms with Crippen LogP contribution in [0.1, 0.15) is 33.1 Å². The SMILES string of the molecule is CCNC(C)C1CCCCN1S(=O)(=O)c1cnn(C)c1. The van der Waals surface area contributed by atoms with Crippen molar-refractivity contribution in [2.45, 2.75) is 50.1 Å². The maximum atomic E-state index is 12.8. The third-order valence-electron chi connectivity index (χ3n) is 3.89. The minimum atomic E-state index is -3.44. The van der Waals surface area contributed by atoms with E-state index in [0.717, 1.165) is 25.8 Å². The molecule has 0 radical (unpaired) electrons. The summed E-state index contributed by atoms with van der Waals surface area (Å²) in [5, 5.41) is 7.33. The fourth-order valence-corrected chi connectivity index (χ4v) is 4.60. The van der Waals surface area contributed by atoms with Crippen LogP contribution in [0, 0.1) is 0 Å². The van der Waals surface area contributed by atoms with Gasteiger partial charge in [0.1, 0.15) is 4.90 Å². The van der Waals surface area contributed by atoms with Crippen LogP contribution in [0.15, 0.2) is 17.3 Å². The van der Waals surface area contributed by atoms with Crippen LogP contribution in [0.3, 0.4) is 0 Å². The molecular weight excluding hydrogens is 276 g/mol. The summed E-state index contributed by atoms with van der Waals surface area (Å²) >= 11 is 0. The topological polar surface area (TPSA) is 67.2 Å². The molecule has 0 bridgehead atoms. The molecule has 114 valence electrons. The van der Waals surface area contributed by atoms with Crippen molar-refractivity contribution in [3.63, 3.8) is 0 Å². The molecule has 1 aromatic rings. The van der Waals surface area contributed by atoms with E-state index in [1.807, 2.05) is 6.92 Å². The molecule has 6 nitrogen and oxygen atoms in total. The van der Waals surface area contributed by atoms with Gasteiger partial charge in [-0.15, -0.1) is 0 Å². The molecule has 0 aromatic carbocycles. The van der Waals surface area contributed by atoms with Gasteiger partial charge in [0.25, 0.3) is 0 Å². The van der Waals surface area contributed by atoms with Crippen molar-refractivity contribution in [1.82, 2.24) is 19.4 Å². The van der Waals surface area contributed by atoms with Gasteiger partial charge >= 0.3 is 0 Å². The van der Waals surface area contributed by atoms with Crippen molar-refractivity contribution in [3.05, 3.63) is 12.4 Å². The van der Waals surface area contributed by atoms with E-state index < -0.39 is 10.0 Å². The summed E-state index contributed by atoms with van der Waals surface area (Å²) in [6.45, 7) is 5.54. The summed E-state index contributed by atoms with van der Waals surface area (Å²) < 4.78 is 28.7. The maximum Gasteiger partial charge on any atom is 0.246 e. The first-order chi connectivity index (χ1) is 9.46. The minimum Gasteiger partial charge on any atom is -0.313 e. The Hall–Kier alpha value is -0.920. The normalized spacial score (nSPS) is 22.9. The Bertz CT molecular complexity index is 540. The highest BCUT2D eigenvalue weighted by atomic mass is 32.2. The van der Waals surface area contributed by atoms with E-state index in [1.165, 1.54) is 10.9 Å². The van der Waals surface area contributed by atoms with Gasteiger partial charge in [0.15, 0.2) is 0 Å². The summed E-state index contributed by atoms with van der Waals surface area (Å²) in [6, 6.07) is 0.181. The van der Waals surface area contributed by atoms with Crippen LogP contribution in [0.2, 0.25) is 0 Å². The zero-order valence-corrected chi connectivity index (χ0v) is 13.2. The minimum absolute atomic E-state index is 0.0221. The number of hydrogen-bond donors (Lipinski definition) is 1. The Morgan fingerprint density at radius 3 is 2.85 bits per heavy atom. The Morgan fingerprint density at radius 1 is 1.50 bits per heavy atom. The quantitative estimate of drug-likeness (QED) is 0.879. The van der Waals surface area contributed by atoms with Gasteiger partial charge in [-0.2, -0.15) is 9.40 Å². The molecule has 2 atom stereocenters. The molecule has 2 rings (SSSR count). The molecule has 0 spiro atoms. The lowest BCUT2D eigenvalue weighted by Gasteiger charge is -2.38. The third-order valence-corrected chi connectivity index (χ3v) is 5.77. The molecular formula is C13H24N4O2S.